The lowest BCUT2D eigenvalue weighted by atomic mass is 9.83. The van der Waals surface area contributed by atoms with Crippen molar-refractivity contribution in [3.8, 4) is 0 Å². The number of imidazole rings is 1. The average molecular weight is 354 g/mol. The van der Waals surface area contributed by atoms with Crippen LogP contribution in [0.2, 0.25) is 0 Å². The van der Waals surface area contributed by atoms with Gasteiger partial charge >= 0.3 is 0 Å². The maximum absolute atomic E-state index is 12.8. The van der Waals surface area contributed by atoms with Crippen molar-refractivity contribution in [1.29, 1.82) is 0 Å². The van der Waals surface area contributed by atoms with Gasteiger partial charge in [0.1, 0.15) is 0 Å². The molecule has 0 bridgehead atoms. The van der Waals surface area contributed by atoms with Gasteiger partial charge in [0.2, 0.25) is 11.8 Å². The molecule has 2 amide bonds. The fourth-order valence-corrected chi connectivity index (χ4v) is 3.69. The van der Waals surface area contributed by atoms with Crippen molar-refractivity contribution in [3.63, 3.8) is 0 Å². The summed E-state index contributed by atoms with van der Waals surface area (Å²) in [5.41, 5.74) is 1.03. The molecule has 0 unspecified atom stereocenters. The molecule has 1 aromatic heterocycles. The number of carbonyl (C=O) groups is 2. The van der Waals surface area contributed by atoms with Crippen LogP contribution in [0.1, 0.15) is 37.8 Å². The number of likely N-dealkylation sites (tertiary alicyclic amines) is 1. The molecule has 1 aromatic carbocycles. The average Bonchev–Trinajstić information content (AvgIpc) is 3.19. The molecule has 26 heavy (non-hydrogen) atoms. The lowest BCUT2D eigenvalue weighted by molar-refractivity contribution is -0.143. The quantitative estimate of drug-likeness (QED) is 0.777. The van der Waals surface area contributed by atoms with E-state index in [1.54, 1.807) is 12.5 Å². The van der Waals surface area contributed by atoms with Crippen LogP contribution in [-0.2, 0) is 16.1 Å². The largest absolute Gasteiger partial charge is 0.356 e. The number of rotatable bonds is 7. The van der Waals surface area contributed by atoms with Crippen LogP contribution in [0.15, 0.2) is 49.1 Å². The normalized spacial score (nSPS) is 20.2. The molecule has 2 aromatic rings. The molecule has 1 N–H and O–H groups in total. The Morgan fingerprint density at radius 3 is 2.81 bits per heavy atom. The van der Waals surface area contributed by atoms with Crippen molar-refractivity contribution < 1.29 is 9.59 Å². The number of aryl methyl sites for hydroxylation is 1. The van der Waals surface area contributed by atoms with E-state index in [4.69, 9.17) is 0 Å². The first kappa shape index (κ1) is 18.2. The Morgan fingerprint density at radius 1 is 1.31 bits per heavy atom. The fourth-order valence-electron chi connectivity index (χ4n) is 3.69. The second-order valence-electron chi connectivity index (χ2n) is 6.63. The first-order chi connectivity index (χ1) is 12.7. The number of hydrogen-bond acceptors (Lipinski definition) is 3. The van der Waals surface area contributed by atoms with Gasteiger partial charge in [0, 0.05) is 38.4 Å². The molecule has 1 fully saturated rings. The SMILES string of the molecule is CCN1C(=O)CC[C@@H](C(=O)NCCCn2ccnc2)[C@@H]1c1ccccc1. The molecule has 6 heteroatoms. The summed E-state index contributed by atoms with van der Waals surface area (Å²) in [5, 5.41) is 3.06. The zero-order valence-electron chi connectivity index (χ0n) is 15.2. The molecule has 1 aliphatic heterocycles. The molecular weight excluding hydrogens is 328 g/mol. The van der Waals surface area contributed by atoms with Gasteiger partial charge < -0.3 is 14.8 Å². The van der Waals surface area contributed by atoms with Crippen LogP contribution >= 0.6 is 0 Å². The molecule has 1 saturated heterocycles. The highest BCUT2D eigenvalue weighted by molar-refractivity contribution is 5.85. The predicted molar refractivity (Wildman–Crippen MR) is 99.1 cm³/mol. The minimum atomic E-state index is -0.205. The molecule has 2 atom stereocenters. The van der Waals surface area contributed by atoms with Gasteiger partial charge in [-0.2, -0.15) is 0 Å². The van der Waals surface area contributed by atoms with Gasteiger partial charge in [0.15, 0.2) is 0 Å². The smallest absolute Gasteiger partial charge is 0.225 e. The number of nitrogens with one attached hydrogen (secondary N) is 1. The van der Waals surface area contributed by atoms with E-state index in [2.05, 4.69) is 10.3 Å². The van der Waals surface area contributed by atoms with Gasteiger partial charge in [-0.15, -0.1) is 0 Å². The third kappa shape index (κ3) is 4.12. The van der Waals surface area contributed by atoms with Gasteiger partial charge in [0.25, 0.3) is 0 Å². The van der Waals surface area contributed by atoms with Crippen molar-refractivity contribution in [1.82, 2.24) is 19.8 Å². The van der Waals surface area contributed by atoms with Gasteiger partial charge in [-0.05, 0) is 25.3 Å². The zero-order chi connectivity index (χ0) is 18.4. The summed E-state index contributed by atoms with van der Waals surface area (Å²) in [6, 6.07) is 9.70. The topological polar surface area (TPSA) is 67.2 Å². The number of piperidine rings is 1. The Balaban J connectivity index is 1.65. The number of aromatic nitrogens is 2. The summed E-state index contributed by atoms with van der Waals surface area (Å²) in [6.07, 6.45) is 7.33. The van der Waals surface area contributed by atoms with Crippen LogP contribution < -0.4 is 5.32 Å². The fraction of sp³-hybridized carbons (Fsp3) is 0.450. The number of carbonyl (C=O) groups excluding carboxylic acids is 2. The second kappa shape index (κ2) is 8.65. The maximum Gasteiger partial charge on any atom is 0.225 e. The Hall–Kier alpha value is -2.63. The minimum Gasteiger partial charge on any atom is -0.356 e. The summed E-state index contributed by atoms with van der Waals surface area (Å²) in [4.78, 5) is 31.1. The molecule has 3 rings (SSSR count). The van der Waals surface area contributed by atoms with E-state index in [-0.39, 0.29) is 23.8 Å². The molecule has 0 aliphatic carbocycles. The number of hydrogen-bond donors (Lipinski definition) is 1. The summed E-state index contributed by atoms with van der Waals surface area (Å²) >= 11 is 0. The van der Waals surface area contributed by atoms with Crippen molar-refractivity contribution in [2.75, 3.05) is 13.1 Å². The van der Waals surface area contributed by atoms with Crippen LogP contribution in [0.5, 0.6) is 0 Å². The third-order valence-corrected chi connectivity index (χ3v) is 4.98. The molecule has 138 valence electrons. The second-order valence-corrected chi connectivity index (χ2v) is 6.63. The Kier molecular flexibility index (Phi) is 6.04. The summed E-state index contributed by atoms with van der Waals surface area (Å²) in [7, 11) is 0. The van der Waals surface area contributed by atoms with Gasteiger partial charge in [-0.3, -0.25) is 9.59 Å². The Labute approximate surface area is 154 Å². The molecule has 0 spiro atoms. The molecule has 1 aliphatic rings. The predicted octanol–water partition coefficient (Wildman–Crippen LogP) is 2.39. The lowest BCUT2D eigenvalue weighted by Gasteiger charge is -2.40. The monoisotopic (exact) mass is 354 g/mol. The Morgan fingerprint density at radius 2 is 2.12 bits per heavy atom. The van der Waals surface area contributed by atoms with Gasteiger partial charge in [-0.1, -0.05) is 30.3 Å². The first-order valence-corrected chi connectivity index (χ1v) is 9.28. The van der Waals surface area contributed by atoms with E-state index in [1.807, 2.05) is 52.9 Å². The van der Waals surface area contributed by atoms with Crippen molar-refractivity contribution in [2.24, 2.45) is 5.92 Å². The van der Waals surface area contributed by atoms with E-state index in [9.17, 15) is 9.59 Å². The van der Waals surface area contributed by atoms with Crippen LogP contribution in [0.3, 0.4) is 0 Å². The van der Waals surface area contributed by atoms with Crippen molar-refractivity contribution in [3.05, 3.63) is 54.6 Å². The van der Waals surface area contributed by atoms with E-state index in [0.717, 1.165) is 18.5 Å². The number of nitrogens with zero attached hydrogens (tertiary/aromatic N) is 3. The molecular formula is C20H26N4O2. The summed E-state index contributed by atoms with van der Waals surface area (Å²) in [5.74, 6) is -0.0377. The number of amides is 2. The van der Waals surface area contributed by atoms with E-state index >= 15 is 0 Å². The lowest BCUT2D eigenvalue weighted by Crippen LogP contribution is -2.48. The summed E-state index contributed by atoms with van der Waals surface area (Å²) in [6.45, 7) is 4.03. The molecule has 2 heterocycles. The highest BCUT2D eigenvalue weighted by Crippen LogP contribution is 2.36. The summed E-state index contributed by atoms with van der Waals surface area (Å²) < 4.78 is 2.00. The standard InChI is InChI=1S/C20H26N4O2/c1-2-24-18(25)10-9-17(19(24)16-7-4-3-5-8-16)20(26)22-11-6-13-23-14-12-21-15-23/h3-5,7-8,12,14-15,17,19H,2,6,9-11,13H2,1H3,(H,22,26)/t17-,19+/m1/s1. The van der Waals surface area contributed by atoms with Crippen LogP contribution in [0.25, 0.3) is 0 Å². The molecule has 0 radical (unpaired) electrons. The number of benzene rings is 1. The van der Waals surface area contributed by atoms with E-state index < -0.39 is 0 Å². The van der Waals surface area contributed by atoms with Gasteiger partial charge in [-0.25, -0.2) is 4.98 Å². The highest BCUT2D eigenvalue weighted by atomic mass is 16.2. The van der Waals surface area contributed by atoms with Crippen molar-refractivity contribution >= 4 is 11.8 Å². The van der Waals surface area contributed by atoms with Gasteiger partial charge in [0.05, 0.1) is 18.3 Å². The maximum atomic E-state index is 12.8. The third-order valence-electron chi connectivity index (χ3n) is 4.98. The van der Waals surface area contributed by atoms with Crippen LogP contribution in [-0.4, -0.2) is 39.4 Å². The highest BCUT2D eigenvalue weighted by Gasteiger charge is 2.39. The molecule has 0 saturated carbocycles. The van der Waals surface area contributed by atoms with Crippen LogP contribution in [0, 0.1) is 5.92 Å². The van der Waals surface area contributed by atoms with E-state index in [0.29, 0.717) is 25.9 Å². The first-order valence-electron chi connectivity index (χ1n) is 9.28. The van der Waals surface area contributed by atoms with E-state index in [1.165, 1.54) is 0 Å². The minimum absolute atomic E-state index is 0.0374. The van der Waals surface area contributed by atoms with Crippen molar-refractivity contribution in [2.45, 2.75) is 38.8 Å². The Bertz CT molecular complexity index is 715. The zero-order valence-corrected chi connectivity index (χ0v) is 15.2. The molecule has 6 nitrogen and oxygen atoms in total. The van der Waals surface area contributed by atoms with Crippen LogP contribution in [0.4, 0.5) is 0 Å².